The fraction of sp³-hybridized carbons (Fsp3) is 0.368. The van der Waals surface area contributed by atoms with Crippen molar-refractivity contribution in [3.8, 4) is 0 Å². The maximum Gasteiger partial charge on any atom is 0.347 e. The summed E-state index contributed by atoms with van der Waals surface area (Å²) in [6.45, 7) is 2.23. The van der Waals surface area contributed by atoms with Crippen molar-refractivity contribution in [1.82, 2.24) is 14.5 Å². The second-order valence-electron chi connectivity index (χ2n) is 6.54. The van der Waals surface area contributed by atoms with Gasteiger partial charge in [0.15, 0.2) is 0 Å². The lowest BCUT2D eigenvalue weighted by Crippen LogP contribution is -2.36. The molecule has 0 bridgehead atoms. The van der Waals surface area contributed by atoms with Gasteiger partial charge in [-0.05, 0) is 56.3 Å². The smallest absolute Gasteiger partial charge is 0.325 e. The fourth-order valence-corrected chi connectivity index (χ4v) is 3.02. The van der Waals surface area contributed by atoms with Gasteiger partial charge in [0.25, 0.3) is 0 Å². The molecular weight excluding hydrogens is 346 g/mol. The van der Waals surface area contributed by atoms with Crippen molar-refractivity contribution >= 4 is 23.2 Å². The van der Waals surface area contributed by atoms with Crippen LogP contribution >= 0.6 is 0 Å². The van der Waals surface area contributed by atoms with E-state index in [-0.39, 0.29) is 18.4 Å². The molecule has 1 aromatic heterocycles. The van der Waals surface area contributed by atoms with E-state index in [1.807, 2.05) is 0 Å². The molecule has 2 N–H and O–H groups in total. The minimum absolute atomic E-state index is 0.0374. The summed E-state index contributed by atoms with van der Waals surface area (Å²) in [6, 6.07) is 8.48. The number of amides is 2. The average Bonchev–Trinajstić information content (AvgIpc) is 2.66. The number of nitrogens with one attached hydrogen (secondary N) is 2. The number of benzene rings is 1. The molecule has 0 atom stereocenters. The van der Waals surface area contributed by atoms with Gasteiger partial charge in [0, 0.05) is 23.8 Å². The van der Waals surface area contributed by atoms with Gasteiger partial charge in [0.05, 0.1) is 6.54 Å². The van der Waals surface area contributed by atoms with Gasteiger partial charge < -0.3 is 10.6 Å². The molecule has 1 aliphatic rings. The molecule has 1 aromatic carbocycles. The van der Waals surface area contributed by atoms with Crippen LogP contribution in [0.2, 0.25) is 0 Å². The number of nitrogens with zero attached hydrogens (tertiary/aromatic N) is 3. The van der Waals surface area contributed by atoms with Crippen molar-refractivity contribution in [3.05, 3.63) is 53.2 Å². The molecule has 27 heavy (non-hydrogen) atoms. The highest BCUT2D eigenvalue weighted by atomic mass is 16.2. The predicted octanol–water partition coefficient (Wildman–Crippen LogP) is 1.31. The van der Waals surface area contributed by atoms with E-state index in [2.05, 4.69) is 20.5 Å². The second-order valence-corrected chi connectivity index (χ2v) is 6.54. The molecule has 8 heteroatoms. The number of carbonyl (C=O) groups excluding carboxylic acids is 2. The first-order valence-corrected chi connectivity index (χ1v) is 9.04. The number of piperidine rings is 1. The van der Waals surface area contributed by atoms with Gasteiger partial charge in [-0.2, -0.15) is 0 Å². The van der Waals surface area contributed by atoms with Crippen molar-refractivity contribution in [1.29, 1.82) is 0 Å². The lowest BCUT2D eigenvalue weighted by molar-refractivity contribution is -0.118. The number of anilines is 2. The zero-order valence-electron chi connectivity index (χ0n) is 15.1. The van der Waals surface area contributed by atoms with Crippen molar-refractivity contribution in [2.24, 2.45) is 0 Å². The van der Waals surface area contributed by atoms with Gasteiger partial charge in [0.2, 0.25) is 11.8 Å². The molecule has 2 heterocycles. The quantitative estimate of drug-likeness (QED) is 0.800. The summed E-state index contributed by atoms with van der Waals surface area (Å²) in [5.74, 6) is -0.364. The maximum absolute atomic E-state index is 12.1. The van der Waals surface area contributed by atoms with Crippen molar-refractivity contribution in [2.45, 2.75) is 25.8 Å². The fourth-order valence-electron chi connectivity index (χ4n) is 3.02. The standard InChI is InChI=1S/C19H23N5O3/c25-17(13-23-10-2-1-3-11-23)21-15-5-7-16(8-6-15)22-18(26)14-24-12-4-9-20-19(24)27/h4-9,12H,1-3,10-11,13-14H2,(H,21,25)(H,22,26). The van der Waals surface area contributed by atoms with Crippen molar-refractivity contribution in [3.63, 3.8) is 0 Å². The number of carbonyl (C=O) groups is 2. The molecule has 0 spiro atoms. The first-order chi connectivity index (χ1) is 13.1. The molecular formula is C19H23N5O3. The summed E-state index contributed by atoms with van der Waals surface area (Å²) >= 11 is 0. The zero-order chi connectivity index (χ0) is 19.1. The van der Waals surface area contributed by atoms with Crippen LogP contribution in [0.5, 0.6) is 0 Å². The molecule has 3 rings (SSSR count). The Bertz CT molecular complexity index is 841. The van der Waals surface area contributed by atoms with Gasteiger partial charge in [-0.3, -0.25) is 19.1 Å². The van der Waals surface area contributed by atoms with Gasteiger partial charge in [-0.15, -0.1) is 0 Å². The lowest BCUT2D eigenvalue weighted by Gasteiger charge is -2.25. The molecule has 2 amide bonds. The molecule has 142 valence electrons. The average molecular weight is 369 g/mol. The Labute approximate surface area is 157 Å². The molecule has 2 aromatic rings. The topological polar surface area (TPSA) is 96.3 Å². The third-order valence-electron chi connectivity index (χ3n) is 4.37. The Balaban J connectivity index is 1.49. The molecule has 1 fully saturated rings. The van der Waals surface area contributed by atoms with Crippen LogP contribution in [-0.2, 0) is 16.1 Å². The Hall–Kier alpha value is -3.00. The number of likely N-dealkylation sites (tertiary alicyclic amines) is 1. The van der Waals surface area contributed by atoms with Crippen LogP contribution in [0.3, 0.4) is 0 Å². The minimum Gasteiger partial charge on any atom is -0.325 e. The van der Waals surface area contributed by atoms with E-state index in [1.165, 1.54) is 23.4 Å². The highest BCUT2D eigenvalue weighted by Gasteiger charge is 2.14. The Morgan fingerprint density at radius 1 is 0.926 bits per heavy atom. The SMILES string of the molecule is O=C(CN1CCCCC1)Nc1ccc(NC(=O)Cn2cccnc2=O)cc1. The van der Waals surface area contributed by atoms with E-state index >= 15 is 0 Å². The summed E-state index contributed by atoms with van der Waals surface area (Å²) in [6.07, 6.45) is 6.42. The van der Waals surface area contributed by atoms with E-state index in [4.69, 9.17) is 0 Å². The van der Waals surface area contributed by atoms with E-state index < -0.39 is 5.69 Å². The van der Waals surface area contributed by atoms with E-state index in [9.17, 15) is 14.4 Å². The Morgan fingerprint density at radius 2 is 1.52 bits per heavy atom. The van der Waals surface area contributed by atoms with E-state index in [0.29, 0.717) is 17.9 Å². The highest BCUT2D eigenvalue weighted by Crippen LogP contribution is 2.14. The van der Waals surface area contributed by atoms with Gasteiger partial charge in [-0.25, -0.2) is 9.78 Å². The summed E-state index contributed by atoms with van der Waals surface area (Å²) in [5.41, 5.74) is 0.795. The largest absolute Gasteiger partial charge is 0.347 e. The highest BCUT2D eigenvalue weighted by molar-refractivity contribution is 5.93. The Kier molecular flexibility index (Phi) is 6.32. The molecule has 0 unspecified atom stereocenters. The maximum atomic E-state index is 12.1. The van der Waals surface area contributed by atoms with Crippen LogP contribution in [0.15, 0.2) is 47.5 Å². The van der Waals surface area contributed by atoms with Gasteiger partial charge >= 0.3 is 5.69 Å². The normalized spacial score (nSPS) is 14.5. The van der Waals surface area contributed by atoms with E-state index in [0.717, 1.165) is 25.9 Å². The summed E-state index contributed by atoms with van der Waals surface area (Å²) < 4.78 is 1.23. The van der Waals surface area contributed by atoms with Gasteiger partial charge in [-0.1, -0.05) is 6.42 Å². The molecule has 0 radical (unpaired) electrons. The molecule has 0 saturated carbocycles. The Morgan fingerprint density at radius 3 is 2.11 bits per heavy atom. The van der Waals surface area contributed by atoms with Gasteiger partial charge in [0.1, 0.15) is 6.54 Å². The monoisotopic (exact) mass is 369 g/mol. The minimum atomic E-state index is -0.473. The third-order valence-corrected chi connectivity index (χ3v) is 4.37. The summed E-state index contributed by atoms with van der Waals surface area (Å²) in [7, 11) is 0. The van der Waals surface area contributed by atoms with Crippen LogP contribution in [0, 0.1) is 0 Å². The summed E-state index contributed by atoms with van der Waals surface area (Å²) in [4.78, 5) is 41.5. The zero-order valence-corrected chi connectivity index (χ0v) is 15.1. The number of hydrogen-bond acceptors (Lipinski definition) is 5. The van der Waals surface area contributed by atoms with Crippen LogP contribution < -0.4 is 16.3 Å². The number of aromatic nitrogens is 2. The van der Waals surface area contributed by atoms with Crippen LogP contribution in [0.4, 0.5) is 11.4 Å². The third kappa shape index (κ3) is 5.75. The second kappa shape index (κ2) is 9.09. The molecule has 0 aliphatic carbocycles. The molecule has 1 aliphatic heterocycles. The number of hydrogen-bond donors (Lipinski definition) is 2. The number of rotatable bonds is 6. The van der Waals surface area contributed by atoms with Crippen LogP contribution in [0.25, 0.3) is 0 Å². The summed E-state index contributed by atoms with van der Waals surface area (Å²) in [5, 5.41) is 5.59. The van der Waals surface area contributed by atoms with Crippen LogP contribution in [0.1, 0.15) is 19.3 Å². The van der Waals surface area contributed by atoms with Crippen molar-refractivity contribution < 1.29 is 9.59 Å². The first kappa shape index (κ1) is 18.8. The molecule has 1 saturated heterocycles. The lowest BCUT2D eigenvalue weighted by atomic mass is 10.1. The molecule has 8 nitrogen and oxygen atoms in total. The van der Waals surface area contributed by atoms with Crippen LogP contribution in [-0.4, -0.2) is 45.9 Å². The van der Waals surface area contributed by atoms with Crippen molar-refractivity contribution in [2.75, 3.05) is 30.3 Å². The predicted molar refractivity (Wildman–Crippen MR) is 102 cm³/mol. The first-order valence-electron chi connectivity index (χ1n) is 9.04. The van der Waals surface area contributed by atoms with E-state index in [1.54, 1.807) is 30.3 Å².